The Hall–Kier alpha value is -0.930. The highest BCUT2D eigenvalue weighted by molar-refractivity contribution is 5.16. The summed E-state index contributed by atoms with van der Waals surface area (Å²) in [5.41, 5.74) is 0.733. The summed E-state index contributed by atoms with van der Waals surface area (Å²) < 4.78 is 13.1. The van der Waals surface area contributed by atoms with E-state index >= 15 is 0 Å². The van der Waals surface area contributed by atoms with E-state index in [9.17, 15) is 4.39 Å². The Morgan fingerprint density at radius 2 is 2.00 bits per heavy atom. The number of benzene rings is 1. The molecule has 2 nitrogen and oxygen atoms in total. The van der Waals surface area contributed by atoms with Crippen LogP contribution in [-0.4, -0.2) is 20.1 Å². The summed E-state index contributed by atoms with van der Waals surface area (Å²) in [5, 5.41) is 6.26. The molecule has 78 valence electrons. The van der Waals surface area contributed by atoms with Crippen molar-refractivity contribution in [2.45, 2.75) is 13.0 Å². The van der Waals surface area contributed by atoms with Gasteiger partial charge in [0.2, 0.25) is 0 Å². The van der Waals surface area contributed by atoms with E-state index in [1.807, 2.05) is 13.1 Å². The second kappa shape index (κ2) is 6.51. The van der Waals surface area contributed by atoms with E-state index in [2.05, 4.69) is 10.6 Å². The molecular weight excluding hydrogens is 179 g/mol. The first-order chi connectivity index (χ1) is 6.84. The lowest BCUT2D eigenvalue weighted by Crippen LogP contribution is -2.19. The van der Waals surface area contributed by atoms with Crippen molar-refractivity contribution in [3.63, 3.8) is 0 Å². The third-order valence-electron chi connectivity index (χ3n) is 2.05. The van der Waals surface area contributed by atoms with Gasteiger partial charge in [-0.15, -0.1) is 0 Å². The first kappa shape index (κ1) is 11.1. The van der Waals surface area contributed by atoms with Gasteiger partial charge in [0.15, 0.2) is 0 Å². The average molecular weight is 196 g/mol. The van der Waals surface area contributed by atoms with Crippen molar-refractivity contribution >= 4 is 0 Å². The normalized spacial score (nSPS) is 10.4. The van der Waals surface area contributed by atoms with Gasteiger partial charge in [0.05, 0.1) is 0 Å². The molecule has 0 saturated heterocycles. The van der Waals surface area contributed by atoms with Crippen molar-refractivity contribution in [3.05, 3.63) is 35.6 Å². The second-order valence-electron chi connectivity index (χ2n) is 3.23. The van der Waals surface area contributed by atoms with Gasteiger partial charge < -0.3 is 10.6 Å². The predicted octanol–water partition coefficient (Wildman–Crippen LogP) is 1.52. The highest BCUT2D eigenvalue weighted by Crippen LogP contribution is 2.04. The fourth-order valence-corrected chi connectivity index (χ4v) is 1.25. The van der Waals surface area contributed by atoms with Crippen molar-refractivity contribution in [1.82, 2.24) is 10.6 Å². The fourth-order valence-electron chi connectivity index (χ4n) is 1.25. The van der Waals surface area contributed by atoms with Gasteiger partial charge in [-0.25, -0.2) is 4.39 Å². The van der Waals surface area contributed by atoms with Crippen LogP contribution in [0.15, 0.2) is 24.3 Å². The molecule has 1 rings (SSSR count). The first-order valence-corrected chi connectivity index (χ1v) is 4.93. The van der Waals surface area contributed by atoms with E-state index in [1.54, 1.807) is 12.1 Å². The summed E-state index contributed by atoms with van der Waals surface area (Å²) in [6.45, 7) is 2.51. The van der Waals surface area contributed by atoms with Crippen LogP contribution in [0.1, 0.15) is 12.0 Å². The topological polar surface area (TPSA) is 24.1 Å². The van der Waals surface area contributed by atoms with Gasteiger partial charge in [0.25, 0.3) is 0 Å². The molecule has 0 unspecified atom stereocenters. The van der Waals surface area contributed by atoms with Crippen LogP contribution >= 0.6 is 0 Å². The van der Waals surface area contributed by atoms with Crippen LogP contribution in [0.3, 0.4) is 0 Å². The summed E-state index contributed by atoms with van der Waals surface area (Å²) in [5.74, 6) is -0.131. The number of nitrogens with one attached hydrogen (secondary N) is 2. The van der Waals surface area contributed by atoms with Crippen LogP contribution in [0.4, 0.5) is 4.39 Å². The zero-order valence-corrected chi connectivity index (χ0v) is 8.52. The molecule has 0 bridgehead atoms. The lowest BCUT2D eigenvalue weighted by molar-refractivity contribution is 0.577. The van der Waals surface area contributed by atoms with Gasteiger partial charge >= 0.3 is 0 Å². The Morgan fingerprint density at radius 1 is 1.21 bits per heavy atom. The van der Waals surface area contributed by atoms with Crippen molar-refractivity contribution in [3.8, 4) is 0 Å². The van der Waals surface area contributed by atoms with Crippen molar-refractivity contribution < 1.29 is 4.39 Å². The molecule has 0 aromatic heterocycles. The zero-order chi connectivity index (χ0) is 10.2. The molecule has 0 aliphatic heterocycles. The van der Waals surface area contributed by atoms with Crippen LogP contribution in [0.2, 0.25) is 0 Å². The van der Waals surface area contributed by atoms with E-state index in [1.165, 1.54) is 6.07 Å². The van der Waals surface area contributed by atoms with Crippen LogP contribution < -0.4 is 10.6 Å². The Labute approximate surface area is 84.5 Å². The minimum Gasteiger partial charge on any atom is -0.320 e. The van der Waals surface area contributed by atoms with Gasteiger partial charge in [0, 0.05) is 12.1 Å². The largest absolute Gasteiger partial charge is 0.320 e. The third kappa shape index (κ3) is 3.85. The zero-order valence-electron chi connectivity index (χ0n) is 8.52. The third-order valence-corrected chi connectivity index (χ3v) is 2.05. The molecule has 0 aliphatic rings. The smallest absolute Gasteiger partial charge is 0.127 e. The van der Waals surface area contributed by atoms with Crippen LogP contribution in [0.25, 0.3) is 0 Å². The molecule has 0 heterocycles. The summed E-state index contributed by atoms with van der Waals surface area (Å²) in [6.07, 6.45) is 1.06. The Kier molecular flexibility index (Phi) is 5.19. The molecule has 14 heavy (non-hydrogen) atoms. The molecule has 0 atom stereocenters. The maximum atomic E-state index is 13.1. The van der Waals surface area contributed by atoms with E-state index < -0.39 is 0 Å². The van der Waals surface area contributed by atoms with E-state index in [4.69, 9.17) is 0 Å². The van der Waals surface area contributed by atoms with Gasteiger partial charge in [-0.2, -0.15) is 0 Å². The van der Waals surface area contributed by atoms with Gasteiger partial charge in [-0.3, -0.25) is 0 Å². The summed E-state index contributed by atoms with van der Waals surface area (Å²) >= 11 is 0. The monoisotopic (exact) mass is 196 g/mol. The molecule has 0 radical (unpaired) electrons. The molecule has 2 N–H and O–H groups in total. The fraction of sp³-hybridized carbons (Fsp3) is 0.455. The maximum Gasteiger partial charge on any atom is 0.127 e. The van der Waals surface area contributed by atoms with Crippen LogP contribution in [0.5, 0.6) is 0 Å². The van der Waals surface area contributed by atoms with Crippen LogP contribution in [-0.2, 0) is 6.54 Å². The molecule has 0 fully saturated rings. The predicted molar refractivity (Wildman–Crippen MR) is 56.7 cm³/mol. The van der Waals surface area contributed by atoms with Crippen molar-refractivity contribution in [1.29, 1.82) is 0 Å². The number of rotatable bonds is 6. The molecule has 3 heteroatoms. The minimum absolute atomic E-state index is 0.131. The summed E-state index contributed by atoms with van der Waals surface area (Å²) in [7, 11) is 1.93. The standard InChI is InChI=1S/C11H17FN2/c1-13-7-4-8-14-9-10-5-2-3-6-11(10)12/h2-3,5-6,13-14H,4,7-9H2,1H3. The van der Waals surface area contributed by atoms with E-state index in [0.29, 0.717) is 6.54 Å². The molecular formula is C11H17FN2. The highest BCUT2D eigenvalue weighted by atomic mass is 19.1. The average Bonchev–Trinajstić information content (AvgIpc) is 2.20. The quantitative estimate of drug-likeness (QED) is 0.674. The lowest BCUT2D eigenvalue weighted by atomic mass is 10.2. The highest BCUT2D eigenvalue weighted by Gasteiger charge is 1.98. The molecule has 1 aromatic carbocycles. The van der Waals surface area contributed by atoms with E-state index in [-0.39, 0.29) is 5.82 Å². The molecule has 0 aliphatic carbocycles. The minimum atomic E-state index is -0.131. The van der Waals surface area contributed by atoms with E-state index in [0.717, 1.165) is 25.1 Å². The Balaban J connectivity index is 2.21. The number of hydrogen-bond donors (Lipinski definition) is 2. The first-order valence-electron chi connectivity index (χ1n) is 4.93. The number of halogens is 1. The number of hydrogen-bond acceptors (Lipinski definition) is 2. The van der Waals surface area contributed by atoms with Gasteiger partial charge in [-0.1, -0.05) is 18.2 Å². The maximum absolute atomic E-state index is 13.1. The Bertz CT molecular complexity index is 263. The summed E-state index contributed by atoms with van der Waals surface area (Å²) in [6, 6.07) is 6.86. The van der Waals surface area contributed by atoms with Crippen molar-refractivity contribution in [2.24, 2.45) is 0 Å². The lowest BCUT2D eigenvalue weighted by Gasteiger charge is -2.05. The second-order valence-corrected chi connectivity index (χ2v) is 3.23. The molecule has 0 amide bonds. The molecule has 1 aromatic rings. The van der Waals surface area contributed by atoms with Gasteiger partial charge in [0.1, 0.15) is 5.82 Å². The van der Waals surface area contributed by atoms with Crippen molar-refractivity contribution in [2.75, 3.05) is 20.1 Å². The summed E-state index contributed by atoms with van der Waals surface area (Å²) in [4.78, 5) is 0. The van der Waals surface area contributed by atoms with Crippen LogP contribution in [0, 0.1) is 5.82 Å². The molecule has 0 saturated carbocycles. The van der Waals surface area contributed by atoms with Gasteiger partial charge in [-0.05, 0) is 32.6 Å². The Morgan fingerprint density at radius 3 is 2.71 bits per heavy atom. The molecule has 0 spiro atoms. The SMILES string of the molecule is CNCCCNCc1ccccc1F.